The van der Waals surface area contributed by atoms with Crippen LogP contribution in [0.15, 0.2) is 102 Å². The first-order chi connectivity index (χ1) is 20.6. The van der Waals surface area contributed by atoms with E-state index >= 15 is 0 Å². The fourth-order valence-corrected chi connectivity index (χ4v) is 4.91. The van der Waals surface area contributed by atoms with Crippen LogP contribution < -0.4 is 19.8 Å². The molecule has 1 heterocycles. The molecule has 0 unspecified atom stereocenters. The Morgan fingerprint density at radius 3 is 2.29 bits per heavy atom. The van der Waals surface area contributed by atoms with Crippen molar-refractivity contribution in [1.29, 1.82) is 0 Å². The van der Waals surface area contributed by atoms with Crippen molar-refractivity contribution in [3.05, 3.63) is 124 Å². The summed E-state index contributed by atoms with van der Waals surface area (Å²) in [6, 6.07) is 31.3. The average molecular weight is 583 g/mol. The molecule has 42 heavy (non-hydrogen) atoms. The van der Waals surface area contributed by atoms with Gasteiger partial charge in [-0.15, -0.1) is 0 Å². The van der Waals surface area contributed by atoms with Gasteiger partial charge in [0, 0.05) is 49.0 Å². The molecular weight excluding hydrogens is 548 g/mol. The number of anilines is 1. The Morgan fingerprint density at radius 2 is 1.57 bits per heavy atom. The monoisotopic (exact) mass is 582 g/mol. The van der Waals surface area contributed by atoms with Gasteiger partial charge in [0.1, 0.15) is 6.61 Å². The van der Waals surface area contributed by atoms with Crippen molar-refractivity contribution in [3.8, 4) is 11.5 Å². The fourth-order valence-electron chi connectivity index (χ4n) is 4.79. The van der Waals surface area contributed by atoms with Crippen LogP contribution >= 0.6 is 11.6 Å². The molecule has 0 spiro atoms. The van der Waals surface area contributed by atoms with Gasteiger partial charge in [-0.3, -0.25) is 9.69 Å². The van der Waals surface area contributed by atoms with Gasteiger partial charge in [-0.05, 0) is 78.2 Å². The highest BCUT2D eigenvalue weighted by Crippen LogP contribution is 2.29. The lowest BCUT2D eigenvalue weighted by molar-refractivity contribution is 0.0955. The minimum atomic E-state index is -0.262. The second kappa shape index (κ2) is 14.5. The average Bonchev–Trinajstić information content (AvgIpc) is 3.03. The Bertz CT molecular complexity index is 1470. The number of nitrogens with one attached hydrogen (secondary N) is 1. The highest BCUT2D eigenvalue weighted by molar-refractivity contribution is 6.30. The number of amides is 1. The van der Waals surface area contributed by atoms with Crippen LogP contribution in [0.3, 0.4) is 0 Å². The highest BCUT2D eigenvalue weighted by Gasteiger charge is 2.17. The molecule has 8 heteroatoms. The molecule has 1 aliphatic heterocycles. The van der Waals surface area contributed by atoms with E-state index in [-0.39, 0.29) is 5.91 Å². The van der Waals surface area contributed by atoms with Crippen LogP contribution in [0.25, 0.3) is 0 Å². The van der Waals surface area contributed by atoms with E-state index in [1.165, 1.54) is 11.3 Å². The maximum Gasteiger partial charge on any atom is 0.271 e. The first-order valence-electron chi connectivity index (χ1n) is 14.2. The van der Waals surface area contributed by atoms with E-state index in [0.29, 0.717) is 35.3 Å². The Morgan fingerprint density at radius 1 is 0.857 bits per heavy atom. The lowest BCUT2D eigenvalue weighted by atomic mass is 10.1. The number of rotatable bonds is 11. The lowest BCUT2D eigenvalue weighted by Gasteiger charge is -2.36. The molecule has 0 aliphatic carbocycles. The zero-order valence-corrected chi connectivity index (χ0v) is 24.5. The zero-order valence-electron chi connectivity index (χ0n) is 23.7. The van der Waals surface area contributed by atoms with E-state index in [1.54, 1.807) is 6.21 Å². The third-order valence-corrected chi connectivity index (χ3v) is 7.32. The molecular formula is C34H35ClN4O3. The molecule has 4 aromatic carbocycles. The fraction of sp³-hybridized carbons (Fsp3) is 0.235. The molecule has 7 nitrogen and oxygen atoms in total. The maximum absolute atomic E-state index is 12.7. The highest BCUT2D eigenvalue weighted by atomic mass is 35.5. The van der Waals surface area contributed by atoms with Crippen LogP contribution in [0.2, 0.25) is 5.02 Å². The number of ether oxygens (including phenoxy) is 2. The van der Waals surface area contributed by atoms with Crippen LogP contribution in [0.1, 0.15) is 34.0 Å². The van der Waals surface area contributed by atoms with Crippen molar-refractivity contribution in [2.24, 2.45) is 5.10 Å². The molecule has 1 aliphatic rings. The Balaban J connectivity index is 1.10. The number of para-hydroxylation sites is 1. The third kappa shape index (κ3) is 8.12. The van der Waals surface area contributed by atoms with Crippen LogP contribution in [0, 0.1) is 0 Å². The van der Waals surface area contributed by atoms with Crippen LogP contribution in [-0.4, -0.2) is 49.8 Å². The van der Waals surface area contributed by atoms with Gasteiger partial charge in [0.2, 0.25) is 0 Å². The first-order valence-corrected chi connectivity index (χ1v) is 14.5. The summed E-state index contributed by atoms with van der Waals surface area (Å²) in [5.41, 5.74) is 7.43. The number of carbonyl (C=O) groups excluding carboxylic acids is 1. The smallest absolute Gasteiger partial charge is 0.271 e. The molecule has 216 valence electrons. The predicted octanol–water partition coefficient (Wildman–Crippen LogP) is 6.40. The number of benzene rings is 4. The Labute approximate surface area is 252 Å². The van der Waals surface area contributed by atoms with Crippen molar-refractivity contribution in [2.75, 3.05) is 37.7 Å². The number of carbonyl (C=O) groups is 1. The summed E-state index contributed by atoms with van der Waals surface area (Å²) in [7, 11) is 0. The molecule has 1 N–H and O–H groups in total. The minimum absolute atomic E-state index is 0.262. The van der Waals surface area contributed by atoms with Crippen LogP contribution in [-0.2, 0) is 13.2 Å². The van der Waals surface area contributed by atoms with Gasteiger partial charge < -0.3 is 14.4 Å². The van der Waals surface area contributed by atoms with Gasteiger partial charge in [-0.2, -0.15) is 5.10 Å². The number of halogens is 1. The van der Waals surface area contributed by atoms with E-state index in [9.17, 15) is 4.79 Å². The van der Waals surface area contributed by atoms with Gasteiger partial charge in [0.25, 0.3) is 5.91 Å². The summed E-state index contributed by atoms with van der Waals surface area (Å²) >= 11 is 5.96. The van der Waals surface area contributed by atoms with Gasteiger partial charge in [-0.1, -0.05) is 54.1 Å². The van der Waals surface area contributed by atoms with E-state index in [1.807, 2.05) is 73.7 Å². The Hall–Kier alpha value is -4.33. The summed E-state index contributed by atoms with van der Waals surface area (Å²) in [5.74, 6) is 0.979. The van der Waals surface area contributed by atoms with Crippen LogP contribution in [0.5, 0.6) is 11.5 Å². The molecule has 0 atom stereocenters. The molecule has 0 saturated carbocycles. The maximum atomic E-state index is 12.7. The lowest BCUT2D eigenvalue weighted by Crippen LogP contribution is -2.45. The molecule has 0 radical (unpaired) electrons. The number of hydrogen-bond donors (Lipinski definition) is 1. The molecule has 0 aromatic heterocycles. The third-order valence-electron chi connectivity index (χ3n) is 7.07. The second-order valence-corrected chi connectivity index (χ2v) is 10.5. The topological polar surface area (TPSA) is 66.4 Å². The second-order valence-electron chi connectivity index (χ2n) is 10.0. The summed E-state index contributed by atoms with van der Waals surface area (Å²) in [6.45, 7) is 7.70. The summed E-state index contributed by atoms with van der Waals surface area (Å²) < 4.78 is 11.7. The van der Waals surface area contributed by atoms with Gasteiger partial charge in [0.15, 0.2) is 11.5 Å². The van der Waals surface area contributed by atoms with E-state index < -0.39 is 0 Å². The van der Waals surface area contributed by atoms with Crippen molar-refractivity contribution in [1.82, 2.24) is 10.3 Å². The molecule has 1 fully saturated rings. The van der Waals surface area contributed by atoms with E-state index in [0.717, 1.165) is 43.9 Å². The summed E-state index contributed by atoms with van der Waals surface area (Å²) in [5, 5.41) is 4.84. The molecule has 1 amide bonds. The van der Waals surface area contributed by atoms with E-state index in [4.69, 9.17) is 21.1 Å². The zero-order chi connectivity index (χ0) is 29.1. The minimum Gasteiger partial charge on any atom is -0.490 e. The quantitative estimate of drug-likeness (QED) is 0.164. The largest absolute Gasteiger partial charge is 0.490 e. The van der Waals surface area contributed by atoms with Crippen LogP contribution in [0.4, 0.5) is 5.69 Å². The first kappa shape index (κ1) is 29.2. The summed E-state index contributed by atoms with van der Waals surface area (Å²) in [4.78, 5) is 17.5. The normalized spacial score (nSPS) is 13.7. The SMILES string of the molecule is CCOc1cc(/C=N\NC(=O)c2ccc(CN3CCN(c4ccccc4)CC3)cc2)ccc1OCc1ccc(Cl)cc1. The number of hydrogen-bond acceptors (Lipinski definition) is 6. The standard InChI is InChI=1S/C34H35ClN4O3/c1-2-41-33-22-28(12-17-32(33)42-25-27-10-15-30(35)16-11-27)23-36-37-34(40)29-13-8-26(9-14-29)24-38-18-20-39(21-19-38)31-6-4-3-5-7-31/h3-17,22-23H,2,18-21,24-25H2,1H3,(H,37,40)/b36-23-. The molecule has 0 bridgehead atoms. The molecule has 4 aromatic rings. The van der Waals surface area contributed by atoms with Gasteiger partial charge in [0.05, 0.1) is 12.8 Å². The number of hydrazone groups is 1. The van der Waals surface area contributed by atoms with Crippen molar-refractivity contribution in [3.63, 3.8) is 0 Å². The molecule has 5 rings (SSSR count). The number of piperazine rings is 1. The van der Waals surface area contributed by atoms with Crippen molar-refractivity contribution in [2.45, 2.75) is 20.1 Å². The van der Waals surface area contributed by atoms with Gasteiger partial charge >= 0.3 is 0 Å². The van der Waals surface area contributed by atoms with Crippen molar-refractivity contribution >= 4 is 29.4 Å². The predicted molar refractivity (Wildman–Crippen MR) is 169 cm³/mol. The molecule has 1 saturated heterocycles. The van der Waals surface area contributed by atoms with Gasteiger partial charge in [-0.25, -0.2) is 5.43 Å². The van der Waals surface area contributed by atoms with E-state index in [2.05, 4.69) is 50.7 Å². The Kier molecular flexibility index (Phi) is 10.1. The summed E-state index contributed by atoms with van der Waals surface area (Å²) in [6.07, 6.45) is 1.59. The van der Waals surface area contributed by atoms with Crippen molar-refractivity contribution < 1.29 is 14.3 Å². The number of nitrogens with zero attached hydrogens (tertiary/aromatic N) is 3.